The molecule has 0 aliphatic rings. The summed E-state index contributed by atoms with van der Waals surface area (Å²) < 4.78 is 0. The second kappa shape index (κ2) is 6.12. The third-order valence-electron chi connectivity index (χ3n) is 2.47. The number of guanidine groups is 1. The van der Waals surface area contributed by atoms with Crippen LogP contribution in [-0.2, 0) is 6.54 Å². The van der Waals surface area contributed by atoms with Gasteiger partial charge in [0.1, 0.15) is 0 Å². The number of hydrazine groups is 1. The van der Waals surface area contributed by atoms with Crippen molar-refractivity contribution in [3.05, 3.63) is 35.4 Å². The Kier molecular flexibility index (Phi) is 4.79. The van der Waals surface area contributed by atoms with E-state index in [4.69, 9.17) is 5.84 Å². The van der Waals surface area contributed by atoms with Gasteiger partial charge in [0.25, 0.3) is 0 Å². The Morgan fingerprint density at radius 2 is 1.94 bits per heavy atom. The molecule has 1 aromatic carbocycles. The first kappa shape index (κ1) is 12.5. The smallest absolute Gasteiger partial charge is 0.205 e. The lowest BCUT2D eigenvalue weighted by molar-refractivity contribution is 0.833. The predicted molar refractivity (Wildman–Crippen MR) is 68.1 cm³/mol. The summed E-state index contributed by atoms with van der Waals surface area (Å²) in [5.74, 6) is 6.43. The lowest BCUT2D eigenvalue weighted by Gasteiger charge is -2.09. The van der Waals surface area contributed by atoms with Gasteiger partial charge in [-0.25, -0.2) is 5.84 Å². The average molecular weight is 220 g/mol. The molecular weight excluding hydrogens is 200 g/mol. The van der Waals surface area contributed by atoms with Gasteiger partial charge in [-0.05, 0) is 17.0 Å². The molecule has 0 radical (unpaired) electrons. The maximum Gasteiger partial charge on any atom is 0.205 e. The van der Waals surface area contributed by atoms with Crippen LogP contribution in [0.3, 0.4) is 0 Å². The molecule has 0 bridgehead atoms. The van der Waals surface area contributed by atoms with Gasteiger partial charge < -0.3 is 5.32 Å². The molecule has 4 N–H and O–H groups in total. The molecule has 1 rings (SSSR count). The third-order valence-corrected chi connectivity index (χ3v) is 2.47. The van der Waals surface area contributed by atoms with Gasteiger partial charge in [-0.2, -0.15) is 0 Å². The van der Waals surface area contributed by atoms with Crippen LogP contribution in [-0.4, -0.2) is 13.0 Å². The molecule has 0 saturated carbocycles. The Morgan fingerprint density at radius 3 is 2.38 bits per heavy atom. The molecule has 4 nitrogen and oxygen atoms in total. The van der Waals surface area contributed by atoms with E-state index in [9.17, 15) is 0 Å². The van der Waals surface area contributed by atoms with Crippen molar-refractivity contribution in [2.75, 3.05) is 7.05 Å². The van der Waals surface area contributed by atoms with Crippen LogP contribution in [0.15, 0.2) is 29.3 Å². The topological polar surface area (TPSA) is 62.4 Å². The first-order valence-corrected chi connectivity index (χ1v) is 5.43. The number of rotatable bonds is 3. The Balaban J connectivity index is 2.56. The highest BCUT2D eigenvalue weighted by Crippen LogP contribution is 2.14. The van der Waals surface area contributed by atoms with Gasteiger partial charge in [-0.1, -0.05) is 38.1 Å². The molecule has 0 aliphatic heterocycles. The van der Waals surface area contributed by atoms with Crippen LogP contribution >= 0.6 is 0 Å². The summed E-state index contributed by atoms with van der Waals surface area (Å²) in [6.07, 6.45) is 0. The van der Waals surface area contributed by atoms with E-state index in [-0.39, 0.29) is 0 Å². The molecular formula is C12H20N4. The Hall–Kier alpha value is -1.55. The lowest BCUT2D eigenvalue weighted by Crippen LogP contribution is -2.40. The summed E-state index contributed by atoms with van der Waals surface area (Å²) in [5.41, 5.74) is 5.05. The molecule has 1 aromatic rings. The minimum absolute atomic E-state index is 0.570. The number of nitrogens with one attached hydrogen (secondary N) is 2. The van der Waals surface area contributed by atoms with E-state index in [1.165, 1.54) is 11.1 Å². The fourth-order valence-electron chi connectivity index (χ4n) is 1.40. The highest BCUT2D eigenvalue weighted by molar-refractivity contribution is 5.78. The van der Waals surface area contributed by atoms with Crippen LogP contribution in [0.5, 0.6) is 0 Å². The first-order valence-electron chi connectivity index (χ1n) is 5.43. The van der Waals surface area contributed by atoms with Gasteiger partial charge in [0, 0.05) is 13.6 Å². The highest BCUT2D eigenvalue weighted by Gasteiger charge is 1.99. The second-order valence-corrected chi connectivity index (χ2v) is 3.97. The second-order valence-electron chi connectivity index (χ2n) is 3.97. The number of nitrogens with zero attached hydrogens (tertiary/aromatic N) is 1. The van der Waals surface area contributed by atoms with E-state index in [0.29, 0.717) is 11.9 Å². The van der Waals surface area contributed by atoms with E-state index in [1.54, 1.807) is 7.05 Å². The maximum absolute atomic E-state index is 5.27. The van der Waals surface area contributed by atoms with Crippen LogP contribution < -0.4 is 16.6 Å². The van der Waals surface area contributed by atoms with E-state index in [2.05, 4.69) is 53.8 Å². The number of hydrogen-bond acceptors (Lipinski definition) is 2. The maximum atomic E-state index is 5.27. The number of aliphatic imine (C=N–C) groups is 1. The van der Waals surface area contributed by atoms with Crippen LogP contribution in [0, 0.1) is 0 Å². The standard InChI is InChI=1S/C12H20N4/c1-9(2)11-6-4-10(5-7-11)8-15-12(14-3)16-13/h4-7,9H,8,13H2,1-3H3,(H2,14,15,16). The number of hydrogen-bond donors (Lipinski definition) is 3. The monoisotopic (exact) mass is 220 g/mol. The SMILES string of the molecule is CN=C(NN)NCc1ccc(C(C)C)cc1. The zero-order valence-corrected chi connectivity index (χ0v) is 10.1. The van der Waals surface area contributed by atoms with Gasteiger partial charge in [0.2, 0.25) is 5.96 Å². The number of benzene rings is 1. The summed E-state index contributed by atoms with van der Waals surface area (Å²) in [6.45, 7) is 5.09. The van der Waals surface area contributed by atoms with Crippen molar-refractivity contribution in [2.24, 2.45) is 10.8 Å². The molecule has 0 heterocycles. The molecule has 0 aliphatic carbocycles. The van der Waals surface area contributed by atoms with E-state index in [0.717, 1.165) is 6.54 Å². The van der Waals surface area contributed by atoms with Crippen LogP contribution in [0.1, 0.15) is 30.9 Å². The molecule has 0 aromatic heterocycles. The van der Waals surface area contributed by atoms with Gasteiger partial charge in [-0.15, -0.1) is 0 Å². The third kappa shape index (κ3) is 3.55. The predicted octanol–water partition coefficient (Wildman–Crippen LogP) is 1.35. The van der Waals surface area contributed by atoms with Crippen molar-refractivity contribution in [2.45, 2.75) is 26.3 Å². The Bertz CT molecular complexity index is 341. The molecule has 0 fully saturated rings. The molecule has 0 saturated heterocycles. The largest absolute Gasteiger partial charge is 0.351 e. The van der Waals surface area contributed by atoms with Crippen LogP contribution in [0.25, 0.3) is 0 Å². The van der Waals surface area contributed by atoms with Gasteiger partial charge >= 0.3 is 0 Å². The molecule has 4 heteroatoms. The summed E-state index contributed by atoms with van der Waals surface area (Å²) in [4.78, 5) is 3.94. The van der Waals surface area contributed by atoms with Gasteiger partial charge in [0.15, 0.2) is 0 Å². The molecule has 0 spiro atoms. The summed E-state index contributed by atoms with van der Waals surface area (Å²) in [5, 5.41) is 3.10. The van der Waals surface area contributed by atoms with Gasteiger partial charge in [-0.3, -0.25) is 10.4 Å². The van der Waals surface area contributed by atoms with Gasteiger partial charge in [0.05, 0.1) is 0 Å². The van der Waals surface area contributed by atoms with E-state index in [1.807, 2.05) is 0 Å². The zero-order valence-electron chi connectivity index (χ0n) is 10.1. The molecule has 0 atom stereocenters. The zero-order chi connectivity index (χ0) is 12.0. The fourth-order valence-corrected chi connectivity index (χ4v) is 1.40. The average Bonchev–Trinajstić information content (AvgIpc) is 2.31. The molecule has 0 amide bonds. The van der Waals surface area contributed by atoms with E-state index >= 15 is 0 Å². The molecule has 0 unspecified atom stereocenters. The Labute approximate surface area is 96.9 Å². The normalized spacial score (nSPS) is 11.7. The highest BCUT2D eigenvalue weighted by atomic mass is 15.3. The number of nitrogens with two attached hydrogens (primary N) is 1. The minimum Gasteiger partial charge on any atom is -0.351 e. The van der Waals surface area contributed by atoms with Crippen molar-refractivity contribution >= 4 is 5.96 Å². The van der Waals surface area contributed by atoms with Crippen molar-refractivity contribution in [3.63, 3.8) is 0 Å². The van der Waals surface area contributed by atoms with Crippen molar-refractivity contribution in [1.82, 2.24) is 10.7 Å². The lowest BCUT2D eigenvalue weighted by atomic mass is 10.0. The molecule has 88 valence electrons. The van der Waals surface area contributed by atoms with E-state index < -0.39 is 0 Å². The summed E-state index contributed by atoms with van der Waals surface area (Å²) in [7, 11) is 1.68. The minimum atomic E-state index is 0.570. The van der Waals surface area contributed by atoms with Crippen molar-refractivity contribution in [1.29, 1.82) is 0 Å². The first-order chi connectivity index (χ1) is 7.67. The van der Waals surface area contributed by atoms with Crippen LogP contribution in [0.2, 0.25) is 0 Å². The van der Waals surface area contributed by atoms with Crippen molar-refractivity contribution < 1.29 is 0 Å². The fraction of sp³-hybridized carbons (Fsp3) is 0.417. The van der Waals surface area contributed by atoms with Crippen molar-refractivity contribution in [3.8, 4) is 0 Å². The Morgan fingerprint density at radius 1 is 1.31 bits per heavy atom. The van der Waals surface area contributed by atoms with Crippen LogP contribution in [0.4, 0.5) is 0 Å². The summed E-state index contributed by atoms with van der Waals surface area (Å²) >= 11 is 0. The quantitative estimate of drug-likeness (QED) is 0.312. The molecule has 16 heavy (non-hydrogen) atoms. The summed E-state index contributed by atoms with van der Waals surface area (Å²) in [6, 6.07) is 8.54.